The molecule has 0 aromatic carbocycles. The van der Waals surface area contributed by atoms with Crippen LogP contribution in [0.4, 0.5) is 14.5 Å². The van der Waals surface area contributed by atoms with Crippen LogP contribution in [0.2, 0.25) is 0 Å². The summed E-state index contributed by atoms with van der Waals surface area (Å²) in [4.78, 5) is 16.5. The number of methoxy groups -OCH3 is 2. The predicted molar refractivity (Wildman–Crippen MR) is 92.8 cm³/mol. The Balaban J connectivity index is 1.94. The summed E-state index contributed by atoms with van der Waals surface area (Å²) in [7, 11) is 4.51. The van der Waals surface area contributed by atoms with Gasteiger partial charge in [0.1, 0.15) is 11.4 Å². The van der Waals surface area contributed by atoms with Crippen LogP contribution >= 0.6 is 0 Å². The maximum absolute atomic E-state index is 13.8. The van der Waals surface area contributed by atoms with Gasteiger partial charge in [0.05, 0.1) is 25.5 Å². The van der Waals surface area contributed by atoms with Gasteiger partial charge >= 0.3 is 0 Å². The smallest absolute Gasteiger partial charge is 0.276 e. The molecule has 3 rings (SSSR count). The molecule has 3 aromatic heterocycles. The van der Waals surface area contributed by atoms with Crippen LogP contribution in [-0.4, -0.2) is 34.9 Å². The van der Waals surface area contributed by atoms with Gasteiger partial charge in [-0.3, -0.25) is 9.48 Å². The van der Waals surface area contributed by atoms with Gasteiger partial charge in [0.2, 0.25) is 29.9 Å². The molecule has 0 spiro atoms. The number of ether oxygens (including phenoxy) is 2. The highest BCUT2D eigenvalue weighted by Crippen LogP contribution is 2.32. The summed E-state index contributed by atoms with van der Waals surface area (Å²) in [6.45, 7) is 0. The second-order valence-corrected chi connectivity index (χ2v) is 5.61. The van der Waals surface area contributed by atoms with Gasteiger partial charge in [-0.25, -0.2) is 4.98 Å². The molecule has 0 saturated heterocycles. The van der Waals surface area contributed by atoms with Gasteiger partial charge in [0.15, 0.2) is 5.69 Å². The summed E-state index contributed by atoms with van der Waals surface area (Å²) >= 11 is 0. The zero-order valence-corrected chi connectivity index (χ0v) is 15.1. The number of amides is 1. The highest BCUT2D eigenvalue weighted by molar-refractivity contribution is 6.03. The number of aromatic nitrogens is 4. The molecule has 28 heavy (non-hydrogen) atoms. The number of pyridine rings is 2. The third-order valence-corrected chi connectivity index (χ3v) is 3.86. The van der Waals surface area contributed by atoms with E-state index < -0.39 is 23.2 Å². The van der Waals surface area contributed by atoms with Gasteiger partial charge in [0.25, 0.3) is 5.91 Å². The molecule has 0 radical (unpaired) electrons. The van der Waals surface area contributed by atoms with Crippen LogP contribution in [0.15, 0.2) is 30.7 Å². The van der Waals surface area contributed by atoms with Gasteiger partial charge < -0.3 is 20.0 Å². The summed E-state index contributed by atoms with van der Waals surface area (Å²) in [6.07, 6.45) is 2.48. The Morgan fingerprint density at radius 2 is 1.89 bits per heavy atom. The SMILES string of the molecule is COc1cc(OC)c(-c2cc(C(=O)Nc3c(F)c[n+]([O-])cc3F)nn2C)cn1. The molecule has 1 amide bonds. The Bertz CT molecular complexity index is 1030. The van der Waals surface area contributed by atoms with Crippen molar-refractivity contribution in [3.8, 4) is 22.9 Å². The number of halogens is 2. The Labute approximate surface area is 157 Å². The lowest BCUT2D eigenvalue weighted by Gasteiger charge is -2.09. The van der Waals surface area contributed by atoms with E-state index in [9.17, 15) is 18.8 Å². The summed E-state index contributed by atoms with van der Waals surface area (Å²) < 4.78 is 39.3. The number of carbonyl (C=O) groups excluding carboxylic acids is 1. The molecule has 0 bridgehead atoms. The lowest BCUT2D eigenvalue weighted by atomic mass is 10.1. The summed E-state index contributed by atoms with van der Waals surface area (Å²) in [5, 5.41) is 17.1. The van der Waals surface area contributed by atoms with E-state index in [2.05, 4.69) is 15.4 Å². The zero-order valence-electron chi connectivity index (χ0n) is 15.1. The second-order valence-electron chi connectivity index (χ2n) is 5.61. The fraction of sp³-hybridized carbons (Fsp3) is 0.176. The molecule has 1 N–H and O–H groups in total. The maximum atomic E-state index is 13.8. The van der Waals surface area contributed by atoms with E-state index in [0.717, 1.165) is 0 Å². The molecule has 0 saturated carbocycles. The van der Waals surface area contributed by atoms with Crippen molar-refractivity contribution in [1.82, 2.24) is 14.8 Å². The molecule has 0 aliphatic carbocycles. The molecule has 0 fully saturated rings. The third-order valence-electron chi connectivity index (χ3n) is 3.86. The number of hydrogen-bond acceptors (Lipinski definition) is 6. The minimum Gasteiger partial charge on any atom is -0.619 e. The van der Waals surface area contributed by atoms with Crippen LogP contribution < -0.4 is 19.5 Å². The molecular formula is C17H15F2N5O4. The monoisotopic (exact) mass is 391 g/mol. The summed E-state index contributed by atoms with van der Waals surface area (Å²) in [5.41, 5.74) is 0.159. The third kappa shape index (κ3) is 3.54. The Hall–Kier alpha value is -3.76. The topological polar surface area (TPSA) is 105 Å². The molecule has 11 heteroatoms. The van der Waals surface area contributed by atoms with Gasteiger partial charge in [-0.2, -0.15) is 18.6 Å². The summed E-state index contributed by atoms with van der Waals surface area (Å²) in [5.74, 6) is -2.50. The van der Waals surface area contributed by atoms with Crippen molar-refractivity contribution in [3.05, 3.63) is 53.3 Å². The average molecular weight is 391 g/mol. The molecule has 146 valence electrons. The van der Waals surface area contributed by atoms with Crippen LogP contribution in [0.25, 0.3) is 11.3 Å². The second kappa shape index (κ2) is 7.47. The molecule has 3 aromatic rings. The number of anilines is 1. The van der Waals surface area contributed by atoms with Gasteiger partial charge in [-0.1, -0.05) is 0 Å². The molecule has 0 aliphatic rings. The van der Waals surface area contributed by atoms with E-state index in [1.807, 2.05) is 0 Å². The quantitative estimate of drug-likeness (QED) is 0.524. The van der Waals surface area contributed by atoms with Crippen LogP contribution in [0.5, 0.6) is 11.6 Å². The van der Waals surface area contributed by atoms with Gasteiger partial charge in [-0.05, 0) is 6.07 Å². The van der Waals surface area contributed by atoms with Crippen molar-refractivity contribution in [1.29, 1.82) is 0 Å². The minimum absolute atomic E-state index is 0.0395. The lowest BCUT2D eigenvalue weighted by Crippen LogP contribution is -2.28. The number of carbonyl (C=O) groups is 1. The number of aryl methyl sites for hydroxylation is 1. The first-order valence-corrected chi connectivity index (χ1v) is 7.85. The molecule has 0 aliphatic heterocycles. The normalized spacial score (nSPS) is 10.6. The van der Waals surface area contributed by atoms with Gasteiger partial charge in [-0.15, -0.1) is 0 Å². The van der Waals surface area contributed by atoms with E-state index in [0.29, 0.717) is 35.3 Å². The summed E-state index contributed by atoms with van der Waals surface area (Å²) in [6, 6.07) is 2.98. The molecule has 9 nitrogen and oxygen atoms in total. The Morgan fingerprint density at radius 3 is 2.50 bits per heavy atom. The van der Waals surface area contributed by atoms with E-state index in [4.69, 9.17) is 9.47 Å². The van der Waals surface area contributed by atoms with E-state index in [-0.39, 0.29) is 10.4 Å². The first kappa shape index (κ1) is 19.0. The number of nitrogens with zero attached hydrogens (tertiary/aromatic N) is 4. The molecule has 3 heterocycles. The highest BCUT2D eigenvalue weighted by atomic mass is 19.1. The van der Waals surface area contributed by atoms with Crippen molar-refractivity contribution in [2.24, 2.45) is 7.05 Å². The van der Waals surface area contributed by atoms with Gasteiger partial charge in [0, 0.05) is 19.3 Å². The predicted octanol–water partition coefficient (Wildman–Crippen LogP) is 1.66. The average Bonchev–Trinajstić information content (AvgIpc) is 3.05. The number of rotatable bonds is 5. The van der Waals surface area contributed by atoms with Crippen LogP contribution in [0.1, 0.15) is 10.5 Å². The standard InChI is InChI=1S/C17H15F2N5O4/c1-23-13(9-6-20-15(28-3)5-14(9)27-2)4-12(22-23)17(25)21-16-10(18)7-24(26)8-11(16)19/h4-8H,1-3H3,(H,21,25). The van der Waals surface area contributed by atoms with Crippen molar-refractivity contribution in [2.75, 3.05) is 19.5 Å². The highest BCUT2D eigenvalue weighted by Gasteiger charge is 2.21. The largest absolute Gasteiger partial charge is 0.619 e. The van der Waals surface area contributed by atoms with Crippen LogP contribution in [0.3, 0.4) is 0 Å². The zero-order chi connectivity index (χ0) is 20.4. The van der Waals surface area contributed by atoms with Crippen LogP contribution in [-0.2, 0) is 7.05 Å². The Morgan fingerprint density at radius 1 is 1.21 bits per heavy atom. The van der Waals surface area contributed by atoms with E-state index >= 15 is 0 Å². The number of hydrogen-bond donors (Lipinski definition) is 1. The van der Waals surface area contributed by atoms with Crippen molar-refractivity contribution in [2.45, 2.75) is 0 Å². The fourth-order valence-corrected chi connectivity index (χ4v) is 2.52. The van der Waals surface area contributed by atoms with Crippen molar-refractivity contribution in [3.63, 3.8) is 0 Å². The maximum Gasteiger partial charge on any atom is 0.276 e. The van der Waals surface area contributed by atoms with E-state index in [1.54, 1.807) is 13.1 Å². The minimum atomic E-state index is -1.21. The Kier molecular flexibility index (Phi) is 5.07. The van der Waals surface area contributed by atoms with Crippen LogP contribution in [0, 0.1) is 16.8 Å². The van der Waals surface area contributed by atoms with Crippen molar-refractivity contribution < 1.29 is 27.8 Å². The van der Waals surface area contributed by atoms with E-state index in [1.165, 1.54) is 31.2 Å². The fourth-order valence-electron chi connectivity index (χ4n) is 2.52. The first-order chi connectivity index (χ1) is 13.3. The first-order valence-electron chi connectivity index (χ1n) is 7.85. The number of nitrogens with one attached hydrogen (secondary N) is 1. The molecule has 0 unspecified atom stereocenters. The lowest BCUT2D eigenvalue weighted by molar-refractivity contribution is -0.608. The molecule has 0 atom stereocenters. The molecular weight excluding hydrogens is 376 g/mol. The van der Waals surface area contributed by atoms with Crippen molar-refractivity contribution >= 4 is 11.6 Å².